The number of carbonyl (C=O) groups excluding carboxylic acids is 1. The highest BCUT2D eigenvalue weighted by Gasteiger charge is 2.55. The molecule has 0 aromatic heterocycles. The van der Waals surface area contributed by atoms with E-state index in [-0.39, 0.29) is 19.0 Å². The molecule has 2 fully saturated rings. The van der Waals surface area contributed by atoms with Crippen LogP contribution in [0.4, 0.5) is 0 Å². The lowest BCUT2D eigenvalue weighted by atomic mass is 9.76. The van der Waals surface area contributed by atoms with Gasteiger partial charge in [0, 0.05) is 7.85 Å². The standard InChI is InChI=1S/C16H27NO2.H2/c1-4-8-14(18)17-15(13-9-6-5-7-10-13)16(11-19-16)12(2)3;/h13,15H,2,4-11H2,1,3H3,(H,17,18);1H. The first-order chi connectivity index (χ1) is 9.10. The maximum absolute atomic E-state index is 12.0. The number of amides is 1. The third-order valence-electron chi connectivity index (χ3n) is 4.59. The second-order valence-electron chi connectivity index (χ2n) is 6.15. The molecule has 1 N–H and O–H groups in total. The Morgan fingerprint density at radius 1 is 1.47 bits per heavy atom. The van der Waals surface area contributed by atoms with Gasteiger partial charge in [-0.3, -0.25) is 4.79 Å². The molecule has 1 saturated heterocycles. The minimum absolute atomic E-state index is 0. The Morgan fingerprint density at radius 2 is 2.11 bits per heavy atom. The lowest BCUT2D eigenvalue weighted by Gasteiger charge is -2.35. The number of carbonyl (C=O) groups is 1. The summed E-state index contributed by atoms with van der Waals surface area (Å²) >= 11 is 0. The topological polar surface area (TPSA) is 41.6 Å². The van der Waals surface area contributed by atoms with E-state index in [1.807, 2.05) is 13.8 Å². The minimum atomic E-state index is -0.272. The third-order valence-corrected chi connectivity index (χ3v) is 4.59. The number of rotatable bonds is 6. The molecule has 1 saturated carbocycles. The first-order valence-electron chi connectivity index (χ1n) is 7.69. The van der Waals surface area contributed by atoms with Gasteiger partial charge in [-0.15, -0.1) is 0 Å². The van der Waals surface area contributed by atoms with Crippen molar-refractivity contribution in [1.82, 2.24) is 5.32 Å². The maximum Gasteiger partial charge on any atom is 0.220 e. The number of ether oxygens (including phenoxy) is 1. The average Bonchev–Trinajstić information content (AvgIpc) is 3.19. The van der Waals surface area contributed by atoms with E-state index in [9.17, 15) is 4.79 Å². The van der Waals surface area contributed by atoms with E-state index in [2.05, 4.69) is 11.9 Å². The van der Waals surface area contributed by atoms with Gasteiger partial charge in [0.1, 0.15) is 5.60 Å². The first kappa shape index (κ1) is 14.6. The summed E-state index contributed by atoms with van der Waals surface area (Å²) in [5, 5.41) is 3.25. The van der Waals surface area contributed by atoms with Crippen LogP contribution < -0.4 is 5.32 Å². The SMILES string of the molecule is C=C(C)C1(C(NC(=O)CCC)C2CCCCC2)CO1.[HH]. The zero-order chi connectivity index (χ0) is 13.9. The van der Waals surface area contributed by atoms with Crippen LogP contribution in [0.2, 0.25) is 0 Å². The van der Waals surface area contributed by atoms with Gasteiger partial charge in [0.15, 0.2) is 0 Å². The molecular weight excluding hydrogens is 238 g/mol. The Labute approximate surface area is 118 Å². The molecule has 19 heavy (non-hydrogen) atoms. The van der Waals surface area contributed by atoms with Gasteiger partial charge in [0.05, 0.1) is 12.6 Å². The predicted octanol–water partition coefficient (Wildman–Crippen LogP) is 3.44. The van der Waals surface area contributed by atoms with Gasteiger partial charge < -0.3 is 10.1 Å². The van der Waals surface area contributed by atoms with Crippen LogP contribution in [0.3, 0.4) is 0 Å². The van der Waals surface area contributed by atoms with Crippen LogP contribution in [-0.4, -0.2) is 24.2 Å². The van der Waals surface area contributed by atoms with Crippen molar-refractivity contribution in [3.05, 3.63) is 12.2 Å². The first-order valence-corrected chi connectivity index (χ1v) is 7.69. The fourth-order valence-electron chi connectivity index (χ4n) is 3.32. The Hall–Kier alpha value is -0.830. The van der Waals surface area contributed by atoms with Crippen molar-refractivity contribution >= 4 is 5.91 Å². The normalized spacial score (nSPS) is 28.7. The molecule has 2 unspecified atom stereocenters. The fraction of sp³-hybridized carbons (Fsp3) is 0.812. The summed E-state index contributed by atoms with van der Waals surface area (Å²) in [7, 11) is 0. The minimum Gasteiger partial charge on any atom is -0.363 e. The largest absolute Gasteiger partial charge is 0.363 e. The summed E-state index contributed by atoms with van der Waals surface area (Å²) in [5.74, 6) is 0.711. The molecule has 1 heterocycles. The Morgan fingerprint density at radius 3 is 2.58 bits per heavy atom. The second-order valence-corrected chi connectivity index (χ2v) is 6.15. The van der Waals surface area contributed by atoms with Crippen molar-refractivity contribution in [2.45, 2.75) is 70.4 Å². The van der Waals surface area contributed by atoms with Crippen LogP contribution in [0.1, 0.15) is 60.2 Å². The summed E-state index contributed by atoms with van der Waals surface area (Å²) in [4.78, 5) is 12.0. The molecule has 0 radical (unpaired) electrons. The number of hydrogen-bond donors (Lipinski definition) is 1. The summed E-state index contributed by atoms with van der Waals surface area (Å²) in [6, 6.07) is 0.129. The molecule has 1 amide bonds. The molecule has 1 aliphatic carbocycles. The van der Waals surface area contributed by atoms with Crippen molar-refractivity contribution in [1.29, 1.82) is 0 Å². The van der Waals surface area contributed by atoms with Crippen LogP contribution in [0.15, 0.2) is 12.2 Å². The van der Waals surface area contributed by atoms with Crippen LogP contribution >= 0.6 is 0 Å². The summed E-state index contributed by atoms with van der Waals surface area (Å²) < 4.78 is 5.74. The summed E-state index contributed by atoms with van der Waals surface area (Å²) in [6.45, 7) is 8.86. The predicted molar refractivity (Wildman–Crippen MR) is 79.0 cm³/mol. The van der Waals surface area contributed by atoms with Gasteiger partial charge in [0.25, 0.3) is 0 Å². The van der Waals surface area contributed by atoms with Crippen LogP contribution in [-0.2, 0) is 9.53 Å². The van der Waals surface area contributed by atoms with Crippen molar-refractivity contribution in [3.63, 3.8) is 0 Å². The highest BCUT2D eigenvalue weighted by molar-refractivity contribution is 5.76. The van der Waals surface area contributed by atoms with Gasteiger partial charge in [-0.2, -0.15) is 0 Å². The van der Waals surface area contributed by atoms with Gasteiger partial charge >= 0.3 is 0 Å². The highest BCUT2D eigenvalue weighted by Crippen LogP contribution is 2.43. The van der Waals surface area contributed by atoms with Crippen molar-refractivity contribution in [3.8, 4) is 0 Å². The third kappa shape index (κ3) is 3.19. The van der Waals surface area contributed by atoms with E-state index in [0.29, 0.717) is 12.3 Å². The van der Waals surface area contributed by atoms with Crippen molar-refractivity contribution in [2.24, 2.45) is 5.92 Å². The van der Waals surface area contributed by atoms with E-state index in [0.717, 1.165) is 18.6 Å². The lowest BCUT2D eigenvalue weighted by molar-refractivity contribution is -0.122. The van der Waals surface area contributed by atoms with E-state index in [1.165, 1.54) is 32.1 Å². The Bertz CT molecular complexity index is 346. The molecule has 0 aromatic carbocycles. The monoisotopic (exact) mass is 267 g/mol. The number of nitrogens with one attached hydrogen (secondary N) is 1. The second kappa shape index (κ2) is 6.08. The smallest absolute Gasteiger partial charge is 0.220 e. The molecule has 110 valence electrons. The molecule has 2 aliphatic rings. The zero-order valence-corrected chi connectivity index (χ0v) is 12.3. The molecule has 0 spiro atoms. The average molecular weight is 267 g/mol. The number of hydrogen-bond acceptors (Lipinski definition) is 2. The molecule has 0 aromatic rings. The highest BCUT2D eigenvalue weighted by atomic mass is 16.6. The number of epoxide rings is 1. The zero-order valence-electron chi connectivity index (χ0n) is 12.3. The van der Waals surface area contributed by atoms with Gasteiger partial charge in [-0.05, 0) is 37.7 Å². The van der Waals surface area contributed by atoms with Crippen LogP contribution in [0.25, 0.3) is 0 Å². The van der Waals surface area contributed by atoms with Crippen molar-refractivity contribution < 1.29 is 11.0 Å². The fourth-order valence-corrected chi connectivity index (χ4v) is 3.32. The van der Waals surface area contributed by atoms with Crippen molar-refractivity contribution in [2.75, 3.05) is 6.61 Å². The van der Waals surface area contributed by atoms with E-state index >= 15 is 0 Å². The van der Waals surface area contributed by atoms with Gasteiger partial charge in [0.2, 0.25) is 5.91 Å². The lowest BCUT2D eigenvalue weighted by Crippen LogP contribution is -2.51. The summed E-state index contributed by atoms with van der Waals surface area (Å²) in [6.07, 6.45) is 7.78. The van der Waals surface area contributed by atoms with E-state index < -0.39 is 0 Å². The molecular formula is C16H29NO2. The van der Waals surface area contributed by atoms with Crippen LogP contribution in [0, 0.1) is 5.92 Å². The maximum atomic E-state index is 12.0. The molecule has 3 nitrogen and oxygen atoms in total. The molecule has 2 rings (SSSR count). The van der Waals surface area contributed by atoms with Gasteiger partial charge in [-0.1, -0.05) is 32.8 Å². The molecule has 1 aliphatic heterocycles. The Kier molecular flexibility index (Phi) is 4.67. The Balaban J connectivity index is 0.00000200. The molecule has 0 bridgehead atoms. The summed E-state index contributed by atoms with van der Waals surface area (Å²) in [5.41, 5.74) is 0.783. The van der Waals surface area contributed by atoms with Crippen LogP contribution in [0.5, 0.6) is 0 Å². The van der Waals surface area contributed by atoms with E-state index in [4.69, 9.17) is 4.74 Å². The molecule has 2 atom stereocenters. The van der Waals surface area contributed by atoms with E-state index in [1.54, 1.807) is 0 Å². The van der Waals surface area contributed by atoms with Gasteiger partial charge in [-0.25, -0.2) is 0 Å². The molecule has 3 heteroatoms. The quantitative estimate of drug-likeness (QED) is 0.591.